The molecular formula is C21H26N6O4S. The Balaban J connectivity index is 2.14. The highest BCUT2D eigenvalue weighted by atomic mass is 32.1. The van der Waals surface area contributed by atoms with E-state index < -0.39 is 22.5 Å². The highest BCUT2D eigenvalue weighted by molar-refractivity contribution is 7.10. The third kappa shape index (κ3) is 4.24. The van der Waals surface area contributed by atoms with E-state index in [1.807, 2.05) is 24.4 Å². The van der Waals surface area contributed by atoms with Crippen LogP contribution in [0.25, 0.3) is 0 Å². The Kier molecular flexibility index (Phi) is 6.68. The predicted molar refractivity (Wildman–Crippen MR) is 126 cm³/mol. The van der Waals surface area contributed by atoms with Crippen LogP contribution in [0.5, 0.6) is 0 Å². The van der Waals surface area contributed by atoms with E-state index in [4.69, 9.17) is 0 Å². The average Bonchev–Trinajstić information content (AvgIpc) is 3.31. The van der Waals surface area contributed by atoms with Gasteiger partial charge in [-0.05, 0) is 17.9 Å². The van der Waals surface area contributed by atoms with Gasteiger partial charge in [0.2, 0.25) is 5.43 Å². The van der Waals surface area contributed by atoms with Crippen LogP contribution in [-0.2, 0) is 14.1 Å². The number of hydrogen-bond acceptors (Lipinski definition) is 7. The number of aromatic amines is 1. The van der Waals surface area contributed by atoms with E-state index in [0.717, 1.165) is 9.56 Å². The molecule has 11 heteroatoms. The molecule has 0 saturated carbocycles. The quantitative estimate of drug-likeness (QED) is 0.497. The molecule has 0 aliphatic heterocycles. The Labute approximate surface area is 188 Å². The molecule has 0 aliphatic carbocycles. The van der Waals surface area contributed by atoms with Crippen LogP contribution in [0, 0.1) is 0 Å². The summed E-state index contributed by atoms with van der Waals surface area (Å²) in [6.45, 7) is 1.97. The van der Waals surface area contributed by atoms with E-state index in [-0.39, 0.29) is 28.7 Å². The minimum Gasteiger partial charge on any atom is -0.371 e. The zero-order chi connectivity index (χ0) is 23.6. The summed E-state index contributed by atoms with van der Waals surface area (Å²) in [5, 5.41) is 7.93. The summed E-state index contributed by atoms with van der Waals surface area (Å²) >= 11 is 1.54. The standard InChI is InChI=1S/C21H26N6O4S/c1-6-13(15-8-7-9-32-15)23-16-17(21(31)27(5)26(4)20(16)30)24-14-11-22-10-12(18(14)28)19(29)25(2)3/h7-11,13,23-24H,6H2,1-5H3,(H,22,28). The van der Waals surface area contributed by atoms with Crippen LogP contribution < -0.4 is 27.2 Å². The topological polar surface area (TPSA) is 121 Å². The Hall–Kier alpha value is -3.60. The van der Waals surface area contributed by atoms with Gasteiger partial charge in [0.05, 0.1) is 6.04 Å². The number of nitrogens with zero attached hydrogens (tertiary/aromatic N) is 3. The molecule has 0 aromatic carbocycles. The molecule has 3 aromatic heterocycles. The number of pyridine rings is 1. The minimum atomic E-state index is -0.582. The molecule has 0 spiro atoms. The van der Waals surface area contributed by atoms with Crippen molar-refractivity contribution in [3.63, 3.8) is 0 Å². The lowest BCUT2D eigenvalue weighted by molar-refractivity contribution is 0.0826. The summed E-state index contributed by atoms with van der Waals surface area (Å²) in [4.78, 5) is 56.4. The molecule has 0 aliphatic rings. The van der Waals surface area contributed by atoms with Gasteiger partial charge in [0.15, 0.2) is 0 Å². The summed E-state index contributed by atoms with van der Waals surface area (Å²) in [6.07, 6.45) is 3.33. The Bertz CT molecular complexity index is 1300. The molecule has 1 atom stereocenters. The number of thiophene rings is 1. The second-order valence-electron chi connectivity index (χ2n) is 7.46. The van der Waals surface area contributed by atoms with Crippen molar-refractivity contribution in [2.45, 2.75) is 19.4 Å². The molecule has 3 N–H and O–H groups in total. The third-order valence-corrected chi connectivity index (χ3v) is 6.16. The fraction of sp³-hybridized carbons (Fsp3) is 0.333. The maximum atomic E-state index is 13.1. The first-order chi connectivity index (χ1) is 15.2. The molecule has 3 heterocycles. The number of aromatic nitrogens is 3. The molecule has 3 rings (SSSR count). The van der Waals surface area contributed by atoms with Crippen LogP contribution in [0.4, 0.5) is 17.1 Å². The van der Waals surface area contributed by atoms with E-state index in [9.17, 15) is 19.2 Å². The van der Waals surface area contributed by atoms with Crippen molar-refractivity contribution in [3.8, 4) is 0 Å². The van der Waals surface area contributed by atoms with Crippen LogP contribution in [0.1, 0.15) is 34.6 Å². The van der Waals surface area contributed by atoms with Crippen LogP contribution in [-0.4, -0.2) is 39.3 Å². The molecule has 0 radical (unpaired) electrons. The Morgan fingerprint density at radius 2 is 1.78 bits per heavy atom. The molecule has 3 aromatic rings. The third-order valence-electron chi connectivity index (χ3n) is 5.17. The fourth-order valence-corrected chi connectivity index (χ4v) is 4.07. The lowest BCUT2D eigenvalue weighted by Crippen LogP contribution is -2.39. The maximum Gasteiger partial charge on any atom is 0.290 e. The lowest BCUT2D eigenvalue weighted by atomic mass is 10.1. The molecule has 1 unspecified atom stereocenters. The smallest absolute Gasteiger partial charge is 0.290 e. The van der Waals surface area contributed by atoms with Crippen LogP contribution >= 0.6 is 11.3 Å². The predicted octanol–water partition coefficient (Wildman–Crippen LogP) is 1.84. The van der Waals surface area contributed by atoms with Gasteiger partial charge in [0.1, 0.15) is 22.6 Å². The van der Waals surface area contributed by atoms with Gasteiger partial charge in [-0.15, -0.1) is 11.3 Å². The van der Waals surface area contributed by atoms with Gasteiger partial charge >= 0.3 is 0 Å². The van der Waals surface area contributed by atoms with Crippen LogP contribution in [0.15, 0.2) is 44.3 Å². The van der Waals surface area contributed by atoms with Crippen molar-refractivity contribution in [1.82, 2.24) is 19.2 Å². The van der Waals surface area contributed by atoms with Crippen molar-refractivity contribution in [2.75, 3.05) is 24.7 Å². The van der Waals surface area contributed by atoms with E-state index in [2.05, 4.69) is 15.6 Å². The van der Waals surface area contributed by atoms with Crippen molar-refractivity contribution in [2.24, 2.45) is 14.1 Å². The zero-order valence-corrected chi connectivity index (χ0v) is 19.4. The van der Waals surface area contributed by atoms with Gasteiger partial charge in [0, 0.05) is 45.5 Å². The van der Waals surface area contributed by atoms with Gasteiger partial charge < -0.3 is 20.5 Å². The molecule has 1 amide bonds. The monoisotopic (exact) mass is 458 g/mol. The van der Waals surface area contributed by atoms with E-state index in [0.29, 0.717) is 6.42 Å². The summed E-state index contributed by atoms with van der Waals surface area (Å²) in [7, 11) is 6.03. The number of hydrogen-bond donors (Lipinski definition) is 3. The largest absolute Gasteiger partial charge is 0.371 e. The number of carbonyl (C=O) groups excluding carboxylic acids is 1. The van der Waals surface area contributed by atoms with Gasteiger partial charge in [-0.2, -0.15) is 0 Å². The summed E-state index contributed by atoms with van der Waals surface area (Å²) in [5.74, 6) is -0.478. The SMILES string of the molecule is CCC(Nc1c(Nc2c[nH]cc(C(=O)N(C)C)c2=O)c(=O)n(C)n(C)c1=O)c1cccs1. The van der Waals surface area contributed by atoms with Gasteiger partial charge in [-0.1, -0.05) is 13.0 Å². The average molecular weight is 459 g/mol. The summed E-state index contributed by atoms with van der Waals surface area (Å²) < 4.78 is 2.36. The molecule has 170 valence electrons. The molecule has 0 saturated heterocycles. The van der Waals surface area contributed by atoms with Crippen molar-refractivity contribution < 1.29 is 4.79 Å². The van der Waals surface area contributed by atoms with Crippen LogP contribution in [0.2, 0.25) is 0 Å². The minimum absolute atomic E-state index is 0.0183. The summed E-state index contributed by atoms with van der Waals surface area (Å²) in [5.41, 5.74) is -1.62. The molecule has 0 bridgehead atoms. The maximum absolute atomic E-state index is 13.1. The van der Waals surface area contributed by atoms with Crippen LogP contribution in [0.3, 0.4) is 0 Å². The fourth-order valence-electron chi connectivity index (χ4n) is 3.21. The number of H-pyrrole nitrogens is 1. The van der Waals surface area contributed by atoms with Crippen molar-refractivity contribution in [1.29, 1.82) is 0 Å². The van der Waals surface area contributed by atoms with Gasteiger partial charge in [-0.3, -0.25) is 19.2 Å². The second kappa shape index (κ2) is 9.27. The first-order valence-corrected chi connectivity index (χ1v) is 10.8. The first kappa shape index (κ1) is 23.1. The zero-order valence-electron chi connectivity index (χ0n) is 18.6. The van der Waals surface area contributed by atoms with Gasteiger partial charge in [-0.25, -0.2) is 9.36 Å². The normalized spacial score (nSPS) is 11.8. The highest BCUT2D eigenvalue weighted by Gasteiger charge is 2.22. The molecule has 10 nitrogen and oxygen atoms in total. The second-order valence-corrected chi connectivity index (χ2v) is 8.44. The number of nitrogens with one attached hydrogen (secondary N) is 3. The Morgan fingerprint density at radius 1 is 1.12 bits per heavy atom. The number of anilines is 3. The summed E-state index contributed by atoms with van der Waals surface area (Å²) in [6, 6.07) is 3.67. The first-order valence-electron chi connectivity index (χ1n) is 9.97. The lowest BCUT2D eigenvalue weighted by Gasteiger charge is -2.21. The van der Waals surface area contributed by atoms with E-state index in [1.54, 1.807) is 11.3 Å². The van der Waals surface area contributed by atoms with Crippen molar-refractivity contribution >= 4 is 34.3 Å². The number of amides is 1. The van der Waals surface area contributed by atoms with E-state index in [1.165, 1.54) is 50.2 Å². The highest BCUT2D eigenvalue weighted by Crippen LogP contribution is 2.27. The molecule has 0 fully saturated rings. The number of carbonyl (C=O) groups is 1. The molecular weight excluding hydrogens is 432 g/mol. The Morgan fingerprint density at radius 3 is 2.34 bits per heavy atom. The number of rotatable bonds is 7. The van der Waals surface area contributed by atoms with Gasteiger partial charge in [0.25, 0.3) is 17.0 Å². The van der Waals surface area contributed by atoms with E-state index >= 15 is 0 Å². The van der Waals surface area contributed by atoms with Crippen molar-refractivity contribution in [3.05, 3.63) is 71.3 Å². The molecule has 32 heavy (non-hydrogen) atoms.